The zero-order valence-electron chi connectivity index (χ0n) is 13.9. The standard InChI is InChI=1S/C17H20N4O3/c1-11-10-12(24-15-7-9-20(2)17(15)23)4-5-13(11)19-16(22)14-6-8-18-21(14)3/h4-6,8,10,15H,7,9H2,1-3H3,(H,19,22)/t15-/m0/s1. The Morgan fingerprint density at radius 2 is 2.12 bits per heavy atom. The van der Waals surface area contributed by atoms with Crippen LogP contribution >= 0.6 is 0 Å². The maximum Gasteiger partial charge on any atom is 0.273 e. The van der Waals surface area contributed by atoms with Gasteiger partial charge in [0, 0.05) is 38.9 Å². The number of anilines is 1. The summed E-state index contributed by atoms with van der Waals surface area (Å²) in [5.74, 6) is 0.403. The summed E-state index contributed by atoms with van der Waals surface area (Å²) < 4.78 is 7.29. The molecule has 0 spiro atoms. The van der Waals surface area contributed by atoms with Crippen LogP contribution in [-0.2, 0) is 11.8 Å². The number of ether oxygens (including phenoxy) is 1. The lowest BCUT2D eigenvalue weighted by Gasteiger charge is -2.15. The van der Waals surface area contributed by atoms with Gasteiger partial charge in [0.1, 0.15) is 11.4 Å². The first-order valence-electron chi connectivity index (χ1n) is 7.77. The van der Waals surface area contributed by atoms with E-state index in [1.165, 1.54) is 4.68 Å². The van der Waals surface area contributed by atoms with E-state index in [9.17, 15) is 9.59 Å². The predicted molar refractivity (Wildman–Crippen MR) is 89.0 cm³/mol. The van der Waals surface area contributed by atoms with Crippen LogP contribution in [0.1, 0.15) is 22.5 Å². The van der Waals surface area contributed by atoms with Gasteiger partial charge in [0.15, 0.2) is 6.10 Å². The maximum atomic E-state index is 12.2. The third-order valence-corrected chi connectivity index (χ3v) is 4.16. The normalized spacial score (nSPS) is 17.2. The molecule has 0 aliphatic carbocycles. The lowest BCUT2D eigenvalue weighted by atomic mass is 10.2. The first-order chi connectivity index (χ1) is 11.5. The molecule has 1 aliphatic heterocycles. The summed E-state index contributed by atoms with van der Waals surface area (Å²) >= 11 is 0. The highest BCUT2D eigenvalue weighted by Gasteiger charge is 2.30. The predicted octanol–water partition coefficient (Wildman–Crippen LogP) is 1.59. The number of hydrogen-bond donors (Lipinski definition) is 1. The summed E-state index contributed by atoms with van der Waals surface area (Å²) in [6, 6.07) is 7.02. The number of carbonyl (C=O) groups is 2. The number of carbonyl (C=O) groups excluding carboxylic acids is 2. The van der Waals surface area contributed by atoms with E-state index in [-0.39, 0.29) is 11.8 Å². The van der Waals surface area contributed by atoms with E-state index in [1.807, 2.05) is 13.0 Å². The van der Waals surface area contributed by atoms with Crippen molar-refractivity contribution in [2.75, 3.05) is 18.9 Å². The van der Waals surface area contributed by atoms with E-state index < -0.39 is 6.10 Å². The van der Waals surface area contributed by atoms with Crippen LogP contribution in [0.2, 0.25) is 0 Å². The van der Waals surface area contributed by atoms with E-state index in [1.54, 1.807) is 43.4 Å². The smallest absolute Gasteiger partial charge is 0.273 e. The minimum absolute atomic E-state index is 0.00115. The number of hydrogen-bond acceptors (Lipinski definition) is 4. The molecule has 7 nitrogen and oxygen atoms in total. The molecular weight excluding hydrogens is 308 g/mol. The minimum atomic E-state index is -0.427. The Balaban J connectivity index is 1.70. The molecule has 2 aromatic rings. The van der Waals surface area contributed by atoms with Gasteiger partial charge in [-0.2, -0.15) is 5.10 Å². The highest BCUT2D eigenvalue weighted by molar-refractivity contribution is 6.03. The van der Waals surface area contributed by atoms with Crippen LogP contribution in [0.4, 0.5) is 5.69 Å². The van der Waals surface area contributed by atoms with Crippen LogP contribution in [0.5, 0.6) is 5.75 Å². The summed E-state index contributed by atoms with van der Waals surface area (Å²) in [6.45, 7) is 2.59. The molecule has 1 atom stereocenters. The Labute approximate surface area is 140 Å². The molecule has 1 N–H and O–H groups in total. The molecule has 1 saturated heterocycles. The number of nitrogens with zero attached hydrogens (tertiary/aromatic N) is 3. The van der Waals surface area contributed by atoms with Gasteiger partial charge < -0.3 is 15.0 Å². The molecule has 1 aliphatic rings. The highest BCUT2D eigenvalue weighted by atomic mass is 16.5. The Morgan fingerprint density at radius 1 is 1.33 bits per heavy atom. The fourth-order valence-electron chi connectivity index (χ4n) is 2.70. The molecule has 0 saturated carbocycles. The summed E-state index contributed by atoms with van der Waals surface area (Å²) in [5, 5.41) is 6.85. The Bertz CT molecular complexity index is 784. The fourth-order valence-corrected chi connectivity index (χ4v) is 2.70. The number of aryl methyl sites for hydroxylation is 2. The SMILES string of the molecule is Cc1cc(O[C@H]2CCN(C)C2=O)ccc1NC(=O)c1ccnn1C. The number of nitrogens with one attached hydrogen (secondary N) is 1. The van der Waals surface area contributed by atoms with Gasteiger partial charge in [0.05, 0.1) is 0 Å². The van der Waals surface area contributed by atoms with E-state index in [0.29, 0.717) is 30.1 Å². The molecule has 1 aromatic carbocycles. The Hall–Kier alpha value is -2.83. The van der Waals surface area contributed by atoms with E-state index in [0.717, 1.165) is 5.56 Å². The van der Waals surface area contributed by atoms with Gasteiger partial charge in [0.2, 0.25) is 0 Å². The molecule has 0 unspecified atom stereocenters. The van der Waals surface area contributed by atoms with Gasteiger partial charge in [-0.25, -0.2) is 0 Å². The van der Waals surface area contributed by atoms with E-state index in [2.05, 4.69) is 10.4 Å². The van der Waals surface area contributed by atoms with Crippen LogP contribution in [0, 0.1) is 6.92 Å². The van der Waals surface area contributed by atoms with Gasteiger partial charge in [-0.3, -0.25) is 14.3 Å². The summed E-state index contributed by atoms with van der Waals surface area (Å²) in [4.78, 5) is 25.8. The fraction of sp³-hybridized carbons (Fsp3) is 0.353. The van der Waals surface area contributed by atoms with E-state index in [4.69, 9.17) is 4.74 Å². The average Bonchev–Trinajstić information content (AvgIpc) is 3.10. The number of likely N-dealkylation sites (N-methyl/N-ethyl adjacent to an activating group) is 1. The quantitative estimate of drug-likeness (QED) is 0.925. The van der Waals surface area contributed by atoms with Crippen molar-refractivity contribution < 1.29 is 14.3 Å². The zero-order chi connectivity index (χ0) is 17.3. The minimum Gasteiger partial charge on any atom is -0.481 e. The third kappa shape index (κ3) is 3.10. The van der Waals surface area contributed by atoms with Crippen molar-refractivity contribution in [3.05, 3.63) is 41.7 Å². The lowest BCUT2D eigenvalue weighted by Crippen LogP contribution is -2.29. The van der Waals surface area contributed by atoms with Crippen molar-refractivity contribution in [3.8, 4) is 5.75 Å². The molecule has 2 amide bonds. The van der Waals surface area contributed by atoms with Crippen LogP contribution < -0.4 is 10.1 Å². The molecular formula is C17H20N4O3. The van der Waals surface area contributed by atoms with Gasteiger partial charge in [-0.15, -0.1) is 0 Å². The van der Waals surface area contributed by atoms with E-state index >= 15 is 0 Å². The molecule has 1 aromatic heterocycles. The second kappa shape index (κ2) is 6.35. The number of likely N-dealkylation sites (tertiary alicyclic amines) is 1. The highest BCUT2D eigenvalue weighted by Crippen LogP contribution is 2.24. The van der Waals surface area contributed by atoms with Crippen molar-refractivity contribution in [2.45, 2.75) is 19.4 Å². The zero-order valence-corrected chi connectivity index (χ0v) is 13.9. The van der Waals surface area contributed by atoms with Crippen LogP contribution in [0.25, 0.3) is 0 Å². The molecule has 3 rings (SSSR count). The molecule has 7 heteroatoms. The van der Waals surface area contributed by atoms with Crippen molar-refractivity contribution in [1.82, 2.24) is 14.7 Å². The summed E-state index contributed by atoms with van der Waals surface area (Å²) in [6.07, 6.45) is 1.84. The van der Waals surface area contributed by atoms with Gasteiger partial charge in [0.25, 0.3) is 11.8 Å². The lowest BCUT2D eigenvalue weighted by molar-refractivity contribution is -0.132. The second-order valence-corrected chi connectivity index (χ2v) is 5.93. The molecule has 126 valence electrons. The first kappa shape index (κ1) is 16.0. The van der Waals surface area contributed by atoms with Crippen molar-refractivity contribution in [1.29, 1.82) is 0 Å². The van der Waals surface area contributed by atoms with Crippen LogP contribution in [0.3, 0.4) is 0 Å². The third-order valence-electron chi connectivity index (χ3n) is 4.16. The van der Waals surface area contributed by atoms with Gasteiger partial charge in [-0.1, -0.05) is 0 Å². The average molecular weight is 328 g/mol. The van der Waals surface area contributed by atoms with Crippen molar-refractivity contribution in [3.63, 3.8) is 0 Å². The topological polar surface area (TPSA) is 76.5 Å². The second-order valence-electron chi connectivity index (χ2n) is 5.93. The Kier molecular flexibility index (Phi) is 4.24. The van der Waals surface area contributed by atoms with Crippen molar-refractivity contribution in [2.24, 2.45) is 7.05 Å². The summed E-state index contributed by atoms with van der Waals surface area (Å²) in [5.41, 5.74) is 2.04. The number of rotatable bonds is 4. The van der Waals surface area contributed by atoms with Crippen LogP contribution in [-0.4, -0.2) is 46.2 Å². The van der Waals surface area contributed by atoms with Crippen LogP contribution in [0.15, 0.2) is 30.5 Å². The monoisotopic (exact) mass is 328 g/mol. The number of amides is 2. The molecule has 0 bridgehead atoms. The number of aromatic nitrogens is 2. The van der Waals surface area contributed by atoms with Crippen molar-refractivity contribution >= 4 is 17.5 Å². The molecule has 0 radical (unpaired) electrons. The Morgan fingerprint density at radius 3 is 2.71 bits per heavy atom. The molecule has 2 heterocycles. The van der Waals surface area contributed by atoms with Gasteiger partial charge in [-0.05, 0) is 36.8 Å². The number of benzene rings is 1. The largest absolute Gasteiger partial charge is 0.481 e. The molecule has 24 heavy (non-hydrogen) atoms. The van der Waals surface area contributed by atoms with Gasteiger partial charge >= 0.3 is 0 Å². The molecule has 1 fully saturated rings. The maximum absolute atomic E-state index is 12.2. The summed E-state index contributed by atoms with van der Waals surface area (Å²) in [7, 11) is 3.49. The first-order valence-corrected chi connectivity index (χ1v) is 7.77.